The number of halogens is 3. The maximum atomic E-state index is 10.6. The van der Waals surface area contributed by atoms with E-state index in [9.17, 15) is 8.42 Å². The molecule has 0 aromatic carbocycles. The second kappa shape index (κ2) is 5.05. The first-order valence-corrected chi connectivity index (χ1v) is 6.15. The Hall–Kier alpha value is 0.0400. The van der Waals surface area contributed by atoms with Crippen molar-refractivity contribution in [2.24, 2.45) is 0 Å². The van der Waals surface area contributed by atoms with Crippen LogP contribution in [0.2, 0.25) is 0 Å². The first kappa shape index (κ1) is 13.0. The molecular formula is C7H7Cl3O2S. The van der Waals surface area contributed by atoms with E-state index < -0.39 is 9.05 Å². The minimum absolute atomic E-state index is 0.231. The molecule has 0 bridgehead atoms. The van der Waals surface area contributed by atoms with Crippen LogP contribution in [0, 0.1) is 0 Å². The van der Waals surface area contributed by atoms with E-state index in [0.717, 1.165) is 0 Å². The van der Waals surface area contributed by atoms with Crippen molar-refractivity contribution >= 4 is 42.9 Å². The molecule has 0 unspecified atom stereocenters. The Kier molecular flexibility index (Phi) is 5.07. The van der Waals surface area contributed by atoms with E-state index in [4.69, 9.17) is 33.9 Å². The largest absolute Gasteiger partial charge is 0.260 e. The van der Waals surface area contributed by atoms with Gasteiger partial charge in [0.05, 0.1) is 9.94 Å². The molecule has 0 atom stereocenters. The molecule has 6 heteroatoms. The normalized spacial score (nSPS) is 14.5. The molecule has 0 rings (SSSR count). The predicted octanol–water partition coefficient (Wildman–Crippen LogP) is 3.33. The van der Waals surface area contributed by atoms with Crippen molar-refractivity contribution in [1.29, 1.82) is 0 Å². The van der Waals surface area contributed by atoms with Crippen LogP contribution in [0.1, 0.15) is 6.92 Å². The predicted molar refractivity (Wildman–Crippen MR) is 57.5 cm³/mol. The smallest absolute Gasteiger partial charge is 0.207 e. The molecule has 74 valence electrons. The lowest BCUT2D eigenvalue weighted by molar-refractivity contribution is 0.616. The van der Waals surface area contributed by atoms with Gasteiger partial charge in [-0.2, -0.15) is 0 Å². The van der Waals surface area contributed by atoms with Gasteiger partial charge < -0.3 is 0 Å². The van der Waals surface area contributed by atoms with Crippen molar-refractivity contribution in [1.82, 2.24) is 0 Å². The highest BCUT2D eigenvalue weighted by atomic mass is 35.7. The summed E-state index contributed by atoms with van der Waals surface area (Å²) in [6.45, 7) is 4.80. The van der Waals surface area contributed by atoms with Crippen molar-refractivity contribution in [3.05, 3.63) is 33.7 Å². The van der Waals surface area contributed by atoms with Gasteiger partial charge in [0, 0.05) is 15.7 Å². The second-order valence-electron chi connectivity index (χ2n) is 2.12. The lowest BCUT2D eigenvalue weighted by atomic mass is 10.4. The van der Waals surface area contributed by atoms with Crippen LogP contribution in [0.5, 0.6) is 0 Å². The van der Waals surface area contributed by atoms with Crippen molar-refractivity contribution in [3.8, 4) is 0 Å². The fourth-order valence-electron chi connectivity index (χ4n) is 0.362. The fraction of sp³-hybridized carbons (Fsp3) is 0.143. The van der Waals surface area contributed by atoms with E-state index in [1.54, 1.807) is 6.92 Å². The van der Waals surface area contributed by atoms with Gasteiger partial charge in [-0.05, 0) is 19.1 Å². The minimum Gasteiger partial charge on any atom is -0.207 e. The van der Waals surface area contributed by atoms with Crippen LogP contribution in [-0.4, -0.2) is 8.42 Å². The fourth-order valence-corrected chi connectivity index (χ4v) is 0.873. The monoisotopic (exact) mass is 260 g/mol. The summed E-state index contributed by atoms with van der Waals surface area (Å²) < 4.78 is 21.3. The van der Waals surface area contributed by atoms with Crippen molar-refractivity contribution in [3.63, 3.8) is 0 Å². The van der Waals surface area contributed by atoms with Crippen molar-refractivity contribution in [2.75, 3.05) is 0 Å². The summed E-state index contributed by atoms with van der Waals surface area (Å²) in [6, 6.07) is 0. The summed E-state index contributed by atoms with van der Waals surface area (Å²) in [6.07, 6.45) is 2.49. The van der Waals surface area contributed by atoms with Crippen LogP contribution in [0.15, 0.2) is 33.7 Å². The van der Waals surface area contributed by atoms with E-state index in [1.807, 2.05) is 0 Å². The van der Waals surface area contributed by atoms with Crippen molar-refractivity contribution in [2.45, 2.75) is 6.92 Å². The lowest BCUT2D eigenvalue weighted by Gasteiger charge is -1.93. The quantitative estimate of drug-likeness (QED) is 0.577. The van der Waals surface area contributed by atoms with E-state index in [-0.39, 0.29) is 9.94 Å². The molecule has 0 heterocycles. The molecule has 0 aliphatic heterocycles. The van der Waals surface area contributed by atoms with Crippen LogP contribution >= 0.6 is 33.9 Å². The maximum Gasteiger partial charge on any atom is 0.260 e. The van der Waals surface area contributed by atoms with E-state index in [0.29, 0.717) is 5.03 Å². The molecular weight excluding hydrogens is 255 g/mol. The highest BCUT2D eigenvalue weighted by Gasteiger charge is 2.07. The van der Waals surface area contributed by atoms with Crippen LogP contribution in [-0.2, 0) is 9.05 Å². The first-order chi connectivity index (χ1) is 5.75. The van der Waals surface area contributed by atoms with Crippen molar-refractivity contribution < 1.29 is 8.42 Å². The van der Waals surface area contributed by atoms with Gasteiger partial charge in [0.15, 0.2) is 0 Å². The molecule has 0 saturated heterocycles. The van der Waals surface area contributed by atoms with Gasteiger partial charge in [0.2, 0.25) is 0 Å². The number of rotatable bonds is 3. The van der Waals surface area contributed by atoms with E-state index in [1.165, 1.54) is 12.2 Å². The van der Waals surface area contributed by atoms with Crippen LogP contribution in [0.3, 0.4) is 0 Å². The van der Waals surface area contributed by atoms with Gasteiger partial charge in [-0.15, -0.1) is 0 Å². The highest BCUT2D eigenvalue weighted by molar-refractivity contribution is 8.16. The number of allylic oxidation sites excluding steroid dienone is 4. The van der Waals surface area contributed by atoms with E-state index >= 15 is 0 Å². The molecule has 2 nitrogen and oxygen atoms in total. The van der Waals surface area contributed by atoms with Gasteiger partial charge in [-0.25, -0.2) is 8.42 Å². The Morgan fingerprint density at radius 3 is 2.08 bits per heavy atom. The molecule has 0 aliphatic rings. The van der Waals surface area contributed by atoms with Gasteiger partial charge in [-0.1, -0.05) is 29.8 Å². The summed E-state index contributed by atoms with van der Waals surface area (Å²) in [5.74, 6) is 0. The third-order valence-electron chi connectivity index (χ3n) is 1.06. The summed E-state index contributed by atoms with van der Waals surface area (Å²) in [5.41, 5.74) is 0. The first-order valence-electron chi connectivity index (χ1n) is 3.08. The molecule has 0 spiro atoms. The molecule has 0 aliphatic carbocycles. The van der Waals surface area contributed by atoms with Gasteiger partial charge in [0.25, 0.3) is 9.05 Å². The number of hydrogen-bond donors (Lipinski definition) is 0. The molecule has 0 N–H and O–H groups in total. The molecule has 0 fully saturated rings. The second-order valence-corrected chi connectivity index (χ2v) is 5.71. The maximum absolute atomic E-state index is 10.6. The Morgan fingerprint density at radius 2 is 1.77 bits per heavy atom. The Labute approximate surface area is 91.9 Å². The number of hydrogen-bond acceptors (Lipinski definition) is 2. The Bertz CT molecular complexity index is 361. The zero-order valence-electron chi connectivity index (χ0n) is 6.72. The van der Waals surface area contributed by atoms with Crippen LogP contribution in [0.4, 0.5) is 0 Å². The standard InChI is InChI=1S/C7H7Cl3O2S/c1-5(13(10,11)12)3-4-7(9)6(2)8/h3-4H,1H2,2H3/b4-3-,7-6-. The minimum atomic E-state index is -3.76. The highest BCUT2D eigenvalue weighted by Crippen LogP contribution is 2.17. The summed E-state index contributed by atoms with van der Waals surface area (Å²) in [4.78, 5) is -0.231. The average molecular weight is 262 g/mol. The van der Waals surface area contributed by atoms with E-state index in [2.05, 4.69) is 6.58 Å². The Morgan fingerprint density at radius 1 is 1.31 bits per heavy atom. The molecule has 13 heavy (non-hydrogen) atoms. The molecule has 0 aromatic heterocycles. The lowest BCUT2D eigenvalue weighted by Crippen LogP contribution is -1.88. The summed E-state index contributed by atoms with van der Waals surface area (Å²) in [7, 11) is 1.22. The Balaban J connectivity index is 4.68. The SMILES string of the molecule is C=C(/C=C\C(Cl)=C(/C)Cl)S(=O)(=O)Cl. The third-order valence-corrected chi connectivity index (χ3v) is 3.12. The molecule has 0 amide bonds. The molecule has 0 radical (unpaired) electrons. The van der Waals surface area contributed by atoms with Gasteiger partial charge in [-0.3, -0.25) is 0 Å². The average Bonchev–Trinajstić information content (AvgIpc) is 1.97. The zero-order valence-corrected chi connectivity index (χ0v) is 9.80. The van der Waals surface area contributed by atoms with Gasteiger partial charge >= 0.3 is 0 Å². The van der Waals surface area contributed by atoms with Crippen LogP contribution < -0.4 is 0 Å². The summed E-state index contributed by atoms with van der Waals surface area (Å²) >= 11 is 11.1. The topological polar surface area (TPSA) is 34.1 Å². The zero-order chi connectivity index (χ0) is 10.6. The van der Waals surface area contributed by atoms with Crippen LogP contribution in [0.25, 0.3) is 0 Å². The summed E-state index contributed by atoms with van der Waals surface area (Å²) in [5, 5.41) is 0.598. The third kappa shape index (κ3) is 5.37. The van der Waals surface area contributed by atoms with Gasteiger partial charge in [0.1, 0.15) is 0 Å². The molecule has 0 aromatic rings. The molecule has 0 saturated carbocycles.